The molecule has 0 heterocycles. The van der Waals surface area contributed by atoms with Crippen molar-refractivity contribution in [2.24, 2.45) is 5.92 Å². The molecule has 1 N–H and O–H groups in total. The highest BCUT2D eigenvalue weighted by Crippen LogP contribution is 2.26. The first-order chi connectivity index (χ1) is 6.86. The Morgan fingerprint density at radius 1 is 1.43 bits per heavy atom. The van der Waals surface area contributed by atoms with Crippen LogP contribution in [0.2, 0.25) is 0 Å². The molecule has 0 radical (unpaired) electrons. The molecule has 1 unspecified atom stereocenters. The second kappa shape index (κ2) is 6.84. The summed E-state index contributed by atoms with van der Waals surface area (Å²) >= 11 is 0. The minimum Gasteiger partial charge on any atom is -0.313 e. The van der Waals surface area contributed by atoms with E-state index in [-0.39, 0.29) is 0 Å². The Labute approximate surface area is 87.7 Å². The lowest BCUT2D eigenvalue weighted by atomic mass is 10.0. The highest BCUT2D eigenvalue weighted by atomic mass is 14.9. The van der Waals surface area contributed by atoms with Gasteiger partial charge >= 0.3 is 0 Å². The zero-order chi connectivity index (χ0) is 10.2. The molecule has 1 aliphatic carbocycles. The first kappa shape index (κ1) is 11.5. The molecule has 0 saturated heterocycles. The third-order valence-electron chi connectivity index (χ3n) is 3.29. The number of rotatable bonds is 6. The highest BCUT2D eigenvalue weighted by molar-refractivity contribution is 4.80. The first-order valence-corrected chi connectivity index (χ1v) is 5.97. The van der Waals surface area contributed by atoms with Crippen molar-refractivity contribution in [3.63, 3.8) is 0 Å². The van der Waals surface area contributed by atoms with Crippen molar-refractivity contribution in [1.29, 1.82) is 5.26 Å². The molecule has 0 amide bonds. The molecule has 0 aromatic rings. The molecule has 1 aliphatic rings. The summed E-state index contributed by atoms with van der Waals surface area (Å²) in [6.07, 6.45) is 8.74. The summed E-state index contributed by atoms with van der Waals surface area (Å²) in [5.41, 5.74) is 0. The fourth-order valence-electron chi connectivity index (χ4n) is 2.26. The van der Waals surface area contributed by atoms with Gasteiger partial charge in [-0.15, -0.1) is 0 Å². The van der Waals surface area contributed by atoms with E-state index in [0.717, 1.165) is 18.9 Å². The quantitative estimate of drug-likeness (QED) is 0.705. The molecule has 0 aromatic heterocycles. The highest BCUT2D eigenvalue weighted by Gasteiger charge is 2.14. The van der Waals surface area contributed by atoms with Crippen LogP contribution in [0.4, 0.5) is 0 Å². The van der Waals surface area contributed by atoms with E-state index in [2.05, 4.69) is 18.3 Å². The van der Waals surface area contributed by atoms with Gasteiger partial charge in [-0.3, -0.25) is 0 Å². The molecule has 2 nitrogen and oxygen atoms in total. The third-order valence-corrected chi connectivity index (χ3v) is 3.29. The van der Waals surface area contributed by atoms with E-state index in [1.165, 1.54) is 32.1 Å². The predicted octanol–water partition coefficient (Wildman–Crippen LogP) is 2.85. The molecule has 0 aliphatic heterocycles. The monoisotopic (exact) mass is 194 g/mol. The minimum absolute atomic E-state index is 0.418. The Hall–Kier alpha value is -0.550. The normalized spacial score (nSPS) is 19.4. The molecular weight excluding hydrogens is 172 g/mol. The van der Waals surface area contributed by atoms with Crippen molar-refractivity contribution in [2.45, 2.75) is 57.9 Å². The standard InChI is InChI=1S/C12H22N2/c1-2-12(7-9-13)14-10-8-11-5-3-4-6-11/h11-12,14H,2-8,10H2,1H3. The second-order valence-electron chi connectivity index (χ2n) is 4.36. The van der Waals surface area contributed by atoms with Gasteiger partial charge in [0.25, 0.3) is 0 Å². The van der Waals surface area contributed by atoms with Gasteiger partial charge in [0.15, 0.2) is 0 Å². The molecule has 14 heavy (non-hydrogen) atoms. The molecule has 1 atom stereocenters. The van der Waals surface area contributed by atoms with Gasteiger partial charge < -0.3 is 5.32 Å². The van der Waals surface area contributed by atoms with Crippen LogP contribution in [0.3, 0.4) is 0 Å². The largest absolute Gasteiger partial charge is 0.313 e. The van der Waals surface area contributed by atoms with Crippen molar-refractivity contribution < 1.29 is 0 Å². The van der Waals surface area contributed by atoms with Crippen molar-refractivity contribution in [3.8, 4) is 6.07 Å². The van der Waals surface area contributed by atoms with Gasteiger partial charge in [0.05, 0.1) is 12.5 Å². The van der Waals surface area contributed by atoms with E-state index in [1.807, 2.05) is 0 Å². The van der Waals surface area contributed by atoms with Crippen LogP contribution in [-0.4, -0.2) is 12.6 Å². The summed E-state index contributed by atoms with van der Waals surface area (Å²) in [5.74, 6) is 0.960. The van der Waals surface area contributed by atoms with Crippen LogP contribution < -0.4 is 5.32 Å². The van der Waals surface area contributed by atoms with Crippen LogP contribution in [-0.2, 0) is 0 Å². The number of nitrogens with one attached hydrogen (secondary N) is 1. The minimum atomic E-state index is 0.418. The van der Waals surface area contributed by atoms with E-state index in [4.69, 9.17) is 5.26 Å². The number of hydrogen-bond acceptors (Lipinski definition) is 2. The molecular formula is C12H22N2. The summed E-state index contributed by atoms with van der Waals surface area (Å²) in [5, 5.41) is 12.1. The molecule has 0 bridgehead atoms. The average molecular weight is 194 g/mol. The van der Waals surface area contributed by atoms with E-state index in [9.17, 15) is 0 Å². The predicted molar refractivity (Wildman–Crippen MR) is 58.9 cm³/mol. The zero-order valence-corrected chi connectivity index (χ0v) is 9.26. The fraction of sp³-hybridized carbons (Fsp3) is 0.917. The first-order valence-electron chi connectivity index (χ1n) is 5.97. The van der Waals surface area contributed by atoms with Crippen LogP contribution in [0.5, 0.6) is 0 Å². The molecule has 0 spiro atoms. The lowest BCUT2D eigenvalue weighted by Crippen LogP contribution is -2.29. The zero-order valence-electron chi connectivity index (χ0n) is 9.26. The fourth-order valence-corrected chi connectivity index (χ4v) is 2.26. The van der Waals surface area contributed by atoms with Crippen LogP contribution in [0.15, 0.2) is 0 Å². The van der Waals surface area contributed by atoms with Crippen molar-refractivity contribution in [3.05, 3.63) is 0 Å². The Balaban J connectivity index is 2.03. The molecule has 1 saturated carbocycles. The lowest BCUT2D eigenvalue weighted by Gasteiger charge is -2.15. The van der Waals surface area contributed by atoms with Gasteiger partial charge in [0, 0.05) is 6.04 Å². The summed E-state index contributed by atoms with van der Waals surface area (Å²) in [7, 11) is 0. The molecule has 80 valence electrons. The molecule has 1 fully saturated rings. The van der Waals surface area contributed by atoms with Crippen molar-refractivity contribution in [2.75, 3.05) is 6.54 Å². The SMILES string of the molecule is CCC(CC#N)NCCC1CCCC1. The molecule has 1 rings (SSSR count). The maximum absolute atomic E-state index is 8.59. The summed E-state index contributed by atoms with van der Waals surface area (Å²) in [4.78, 5) is 0. The third kappa shape index (κ3) is 4.11. The van der Waals surface area contributed by atoms with Gasteiger partial charge in [-0.2, -0.15) is 5.26 Å². The Bertz CT molecular complexity index is 177. The molecule has 0 aromatic carbocycles. The number of nitriles is 1. The maximum Gasteiger partial charge on any atom is 0.0638 e. The summed E-state index contributed by atoms with van der Waals surface area (Å²) in [6.45, 7) is 3.25. The van der Waals surface area contributed by atoms with Crippen LogP contribution >= 0.6 is 0 Å². The Morgan fingerprint density at radius 2 is 2.14 bits per heavy atom. The smallest absolute Gasteiger partial charge is 0.0638 e. The Kier molecular flexibility index (Phi) is 5.63. The second-order valence-corrected chi connectivity index (χ2v) is 4.36. The summed E-state index contributed by atoms with van der Waals surface area (Å²) < 4.78 is 0. The number of hydrogen-bond donors (Lipinski definition) is 1. The Morgan fingerprint density at radius 3 is 2.71 bits per heavy atom. The van der Waals surface area contributed by atoms with E-state index < -0.39 is 0 Å². The average Bonchev–Trinajstić information content (AvgIpc) is 2.69. The van der Waals surface area contributed by atoms with Crippen molar-refractivity contribution >= 4 is 0 Å². The maximum atomic E-state index is 8.59. The van der Waals surface area contributed by atoms with Gasteiger partial charge in [0.1, 0.15) is 0 Å². The number of nitrogens with zero attached hydrogens (tertiary/aromatic N) is 1. The molecule has 2 heteroatoms. The lowest BCUT2D eigenvalue weighted by molar-refractivity contribution is 0.434. The van der Waals surface area contributed by atoms with Gasteiger partial charge in [-0.25, -0.2) is 0 Å². The van der Waals surface area contributed by atoms with Crippen molar-refractivity contribution in [1.82, 2.24) is 5.32 Å². The van der Waals surface area contributed by atoms with Crippen LogP contribution in [0, 0.1) is 17.2 Å². The van der Waals surface area contributed by atoms with Gasteiger partial charge in [-0.1, -0.05) is 32.6 Å². The van der Waals surface area contributed by atoms with Gasteiger partial charge in [0.2, 0.25) is 0 Å². The topological polar surface area (TPSA) is 35.8 Å². The summed E-state index contributed by atoms with van der Waals surface area (Å²) in [6, 6.07) is 2.65. The van der Waals surface area contributed by atoms with Gasteiger partial charge in [-0.05, 0) is 25.3 Å². The van der Waals surface area contributed by atoms with E-state index >= 15 is 0 Å². The van der Waals surface area contributed by atoms with E-state index in [0.29, 0.717) is 12.5 Å². The van der Waals surface area contributed by atoms with E-state index in [1.54, 1.807) is 0 Å². The van der Waals surface area contributed by atoms with Crippen LogP contribution in [0.25, 0.3) is 0 Å². The van der Waals surface area contributed by atoms with Crippen LogP contribution in [0.1, 0.15) is 51.9 Å².